The zero-order chi connectivity index (χ0) is 34.8. The van der Waals surface area contributed by atoms with Crippen LogP contribution in [0.2, 0.25) is 0 Å². The van der Waals surface area contributed by atoms with E-state index in [1.165, 1.54) is 18.3 Å². The van der Waals surface area contributed by atoms with E-state index < -0.39 is 67.3 Å². The predicted octanol–water partition coefficient (Wildman–Crippen LogP) is -3.24. The Morgan fingerprint density at radius 1 is 1.20 bits per heavy atom. The maximum atomic E-state index is 13.2. The molecule has 0 aliphatic carbocycles. The molecule has 1 aromatic heterocycles. The van der Waals surface area contributed by atoms with Gasteiger partial charge < -0.3 is 44.7 Å². The third kappa shape index (κ3) is 5.76. The van der Waals surface area contributed by atoms with Crippen LogP contribution in [-0.4, -0.2) is 105 Å². The molecule has 7 N–H and O–H groups in total. The van der Waals surface area contributed by atoms with Crippen LogP contribution in [0.15, 0.2) is 79.6 Å². The van der Waals surface area contributed by atoms with Crippen molar-refractivity contribution in [3.8, 4) is 5.75 Å². The molecule has 15 heteroatoms. The number of rotatable bonds is 11. The number of fused-ring (bicyclic) bond motifs is 4. The summed E-state index contributed by atoms with van der Waals surface area (Å²) in [4.78, 5) is 34.1. The number of aliphatic imine (C=N–C) groups is 2. The fourth-order valence-electron chi connectivity index (χ4n) is 7.05. The van der Waals surface area contributed by atoms with E-state index in [-0.39, 0.29) is 16.7 Å². The zero-order valence-electron chi connectivity index (χ0n) is 27.1. The van der Waals surface area contributed by atoms with E-state index in [1.807, 2.05) is 12.3 Å². The summed E-state index contributed by atoms with van der Waals surface area (Å²) in [7, 11) is 0. The van der Waals surface area contributed by atoms with Gasteiger partial charge in [0, 0.05) is 36.5 Å². The molecule has 2 aromatic rings. The third-order valence-electron chi connectivity index (χ3n) is 9.86. The topological polar surface area (TPSA) is 216 Å². The fraction of sp³-hybridized carbons (Fsp3) is 0.441. The minimum absolute atomic E-state index is 0.155. The average Bonchev–Trinajstić information content (AvgIpc) is 3.83. The summed E-state index contributed by atoms with van der Waals surface area (Å²) in [6.45, 7) is 3.69. The Morgan fingerprint density at radius 3 is 2.76 bits per heavy atom. The molecule has 0 saturated carbocycles. The molecule has 49 heavy (non-hydrogen) atoms. The molecule has 1 aromatic carbocycles. The number of quaternary nitrogens is 2. The van der Waals surface area contributed by atoms with Crippen molar-refractivity contribution >= 4 is 28.1 Å². The lowest BCUT2D eigenvalue weighted by Gasteiger charge is -2.41. The van der Waals surface area contributed by atoms with Crippen molar-refractivity contribution < 1.29 is 59.4 Å². The minimum atomic E-state index is -2.52. The van der Waals surface area contributed by atoms with Crippen molar-refractivity contribution in [1.29, 1.82) is 0 Å². The maximum Gasteiger partial charge on any atom is 0.222 e. The molecule has 0 fully saturated rings. The van der Waals surface area contributed by atoms with Gasteiger partial charge in [0.1, 0.15) is 73.1 Å². The number of aryl methyl sites for hydroxylation is 1. The molecule has 260 valence electrons. The quantitative estimate of drug-likeness (QED) is 0.0926. The Kier molecular flexibility index (Phi) is 8.46. The normalized spacial score (nSPS) is 27.8. The summed E-state index contributed by atoms with van der Waals surface area (Å²) in [5.74, 6) is 0.568. The van der Waals surface area contributed by atoms with Crippen LogP contribution < -0.4 is 25.1 Å². The van der Waals surface area contributed by atoms with Crippen molar-refractivity contribution in [3.05, 3.63) is 82.0 Å². The van der Waals surface area contributed by atoms with Gasteiger partial charge >= 0.3 is 0 Å². The van der Waals surface area contributed by atoms with Gasteiger partial charge in [0.2, 0.25) is 11.3 Å². The van der Waals surface area contributed by atoms with Crippen LogP contribution in [0.1, 0.15) is 25.2 Å². The highest BCUT2D eigenvalue weighted by Gasteiger charge is 2.52. The van der Waals surface area contributed by atoms with Gasteiger partial charge in [-0.1, -0.05) is 0 Å². The van der Waals surface area contributed by atoms with Gasteiger partial charge in [-0.15, -0.1) is 0 Å². The van der Waals surface area contributed by atoms with Crippen molar-refractivity contribution in [3.63, 3.8) is 0 Å². The third-order valence-corrected chi connectivity index (χ3v) is 9.86. The second-order valence-corrected chi connectivity index (χ2v) is 13.6. The van der Waals surface area contributed by atoms with E-state index in [0.717, 1.165) is 16.2 Å². The summed E-state index contributed by atoms with van der Waals surface area (Å²) in [5, 5.41) is 66.5. The van der Waals surface area contributed by atoms with Crippen LogP contribution in [0.3, 0.4) is 0 Å². The first kappa shape index (κ1) is 33.5. The second-order valence-electron chi connectivity index (χ2n) is 13.6. The number of benzene rings is 1. The number of ether oxygens (including phenoxy) is 1. The van der Waals surface area contributed by atoms with Crippen molar-refractivity contribution in [2.45, 2.75) is 68.9 Å². The van der Waals surface area contributed by atoms with Crippen LogP contribution >= 0.6 is 0 Å². The molecule has 0 radical (unpaired) electrons. The second kappa shape index (κ2) is 12.4. The van der Waals surface area contributed by atoms with E-state index in [9.17, 15) is 35.4 Å². The van der Waals surface area contributed by atoms with E-state index >= 15 is 0 Å². The van der Waals surface area contributed by atoms with Crippen molar-refractivity contribution in [1.82, 2.24) is 0 Å². The molecule has 6 heterocycles. The molecule has 3 unspecified atom stereocenters. The first-order chi connectivity index (χ1) is 23.3. The van der Waals surface area contributed by atoms with Crippen LogP contribution in [0.5, 0.6) is 5.75 Å². The molecule has 0 bridgehead atoms. The van der Waals surface area contributed by atoms with Gasteiger partial charge in [-0.3, -0.25) is 19.7 Å². The van der Waals surface area contributed by atoms with Gasteiger partial charge in [-0.05, 0) is 39.0 Å². The number of aliphatic hydroxyl groups is 5. The SMILES string of the molecule is Cc1cc(=O)c2cc3c(c([NH+]4C=C5C=CN=C5C4)c2o1)OC(C)(C)[C@H](OOC[C@H](O)[C@](O)(C[NH+]1C([O-])=CC2=NC=CC21)[C@H](O)[C@H](O)CO)C3. The average molecular weight is 680 g/mol. The first-order valence-corrected chi connectivity index (χ1v) is 16.1. The number of allylic oxidation sites excluding steroid dienone is 1. The van der Waals surface area contributed by atoms with Gasteiger partial charge in [0.05, 0.1) is 23.4 Å². The Morgan fingerprint density at radius 2 is 2.00 bits per heavy atom. The number of aliphatic hydroxyl groups excluding tert-OH is 4. The van der Waals surface area contributed by atoms with E-state index in [2.05, 4.69) is 9.98 Å². The highest BCUT2D eigenvalue weighted by Crippen LogP contribution is 2.43. The summed E-state index contributed by atoms with van der Waals surface area (Å²) in [5.41, 5.74) is 0.367. The highest BCUT2D eigenvalue weighted by molar-refractivity contribution is 6.07. The van der Waals surface area contributed by atoms with Crippen LogP contribution in [0.4, 0.5) is 5.69 Å². The smallest absolute Gasteiger partial charge is 0.222 e. The molecule has 5 aliphatic rings. The predicted molar refractivity (Wildman–Crippen MR) is 171 cm³/mol. The number of nitrogens with one attached hydrogen (secondary N) is 2. The van der Waals surface area contributed by atoms with E-state index in [1.54, 1.807) is 39.1 Å². The molecular weight excluding hydrogens is 640 g/mol. The fourth-order valence-corrected chi connectivity index (χ4v) is 7.05. The van der Waals surface area contributed by atoms with Crippen LogP contribution in [-0.2, 0) is 16.2 Å². The first-order valence-electron chi connectivity index (χ1n) is 16.1. The Bertz CT molecular complexity index is 1930. The molecule has 7 rings (SSSR count). The molecule has 0 amide bonds. The lowest BCUT2D eigenvalue weighted by molar-refractivity contribution is -0.920. The Labute approximate surface area is 280 Å². The monoisotopic (exact) mass is 679 g/mol. The number of hydrogen-bond acceptors (Lipinski definition) is 13. The summed E-state index contributed by atoms with van der Waals surface area (Å²) in [6, 6.07) is 2.60. The minimum Gasteiger partial charge on any atom is -0.831 e. The van der Waals surface area contributed by atoms with Crippen molar-refractivity contribution in [2.75, 3.05) is 26.3 Å². The van der Waals surface area contributed by atoms with Crippen LogP contribution in [0, 0.1) is 6.92 Å². The summed E-state index contributed by atoms with van der Waals surface area (Å²) in [6.07, 6.45) is 3.82. The number of hydrogen-bond donors (Lipinski definition) is 7. The largest absolute Gasteiger partial charge is 0.831 e. The van der Waals surface area contributed by atoms with Gasteiger partial charge in [0.25, 0.3) is 0 Å². The summed E-state index contributed by atoms with van der Waals surface area (Å²) < 4.78 is 12.7. The lowest BCUT2D eigenvalue weighted by Crippen LogP contribution is -3.17. The highest BCUT2D eigenvalue weighted by atomic mass is 17.2. The van der Waals surface area contributed by atoms with Gasteiger partial charge in [0.15, 0.2) is 22.8 Å². The molecule has 5 aliphatic heterocycles. The van der Waals surface area contributed by atoms with Gasteiger partial charge in [-0.2, -0.15) is 0 Å². The van der Waals surface area contributed by atoms with Crippen molar-refractivity contribution in [2.24, 2.45) is 9.98 Å². The standard InChI is InChI=1S/C34H38N4O11/c1-17-8-24(40)20-9-19-10-27(33(2,3)48-30(19)29(31(20)47-17)37-12-18-4-6-36-22(18)13-37)49-46-15-26(42)34(45,32(44)25(41)14-39)16-38-23-5-7-35-21(23)11-28(38)43/h4-9,11-12,23,25-27,32,39,41-45H,10,13-16H2,1-3H3/p+1/t23?,25-,26+,27-,32-,34-/m1/s1. The molecule has 0 spiro atoms. The summed E-state index contributed by atoms with van der Waals surface area (Å²) >= 11 is 0. The van der Waals surface area contributed by atoms with E-state index in [0.29, 0.717) is 46.0 Å². The lowest BCUT2D eigenvalue weighted by atomic mass is 9.86. The van der Waals surface area contributed by atoms with Gasteiger partial charge in [-0.25, -0.2) is 9.78 Å². The molecular formula is C34H39N4O11+. The number of nitrogens with zero attached hydrogens (tertiary/aromatic N) is 2. The molecule has 8 atom stereocenters. The Hall–Kier alpha value is -4.03. The molecule has 0 saturated heterocycles. The van der Waals surface area contributed by atoms with E-state index in [4.69, 9.17) is 18.9 Å². The maximum absolute atomic E-state index is 13.2. The Balaban J connectivity index is 1.13. The zero-order valence-corrected chi connectivity index (χ0v) is 27.1. The van der Waals surface area contributed by atoms with Crippen LogP contribution in [0.25, 0.3) is 11.0 Å². The molecule has 15 nitrogen and oxygen atoms in total.